The lowest BCUT2D eigenvalue weighted by atomic mass is 10.1. The molecule has 2 aliphatic rings. The van der Waals surface area contributed by atoms with E-state index in [2.05, 4.69) is 68.7 Å². The fourth-order valence-corrected chi connectivity index (χ4v) is 2.31. The Morgan fingerprint density at radius 2 is 1.33 bits per heavy atom. The Balaban J connectivity index is 2.37. The summed E-state index contributed by atoms with van der Waals surface area (Å²) in [5.74, 6) is 0. The summed E-state index contributed by atoms with van der Waals surface area (Å²) in [6, 6.07) is 0. The molecule has 0 aliphatic heterocycles. The molecule has 2 heteroatoms. The molecular formula is C16H20OS. The molecule has 0 saturated carbocycles. The highest BCUT2D eigenvalue weighted by atomic mass is 32.2. The van der Waals surface area contributed by atoms with E-state index in [1.54, 1.807) is 7.11 Å². The van der Waals surface area contributed by atoms with E-state index in [0.717, 1.165) is 0 Å². The van der Waals surface area contributed by atoms with Gasteiger partial charge in [0.05, 0.1) is 0 Å². The molecule has 0 radical (unpaired) electrons. The molecule has 0 atom stereocenters. The quantitative estimate of drug-likeness (QED) is 0.740. The third-order valence-electron chi connectivity index (χ3n) is 3.59. The van der Waals surface area contributed by atoms with Gasteiger partial charge in [-0.15, -0.1) is 0 Å². The Hall–Kier alpha value is -0.990. The van der Waals surface area contributed by atoms with E-state index in [0.29, 0.717) is 0 Å². The molecule has 0 spiro atoms. The lowest BCUT2D eigenvalue weighted by Crippen LogP contribution is -2.20. The fraction of sp³-hybridized carbons (Fsp3) is 0.375. The molecular weight excluding hydrogens is 240 g/mol. The summed E-state index contributed by atoms with van der Waals surface area (Å²) >= 11 is 1.84. The molecule has 0 bridgehead atoms. The SMILES string of the molecule is COC1(C)C=CC2=C(C=C1)C=CC(C)(SC)C=C2. The summed E-state index contributed by atoms with van der Waals surface area (Å²) in [4.78, 5) is 0. The van der Waals surface area contributed by atoms with Crippen molar-refractivity contribution in [2.24, 2.45) is 0 Å². The van der Waals surface area contributed by atoms with Crippen molar-refractivity contribution in [3.05, 3.63) is 59.8 Å². The summed E-state index contributed by atoms with van der Waals surface area (Å²) in [6.07, 6.45) is 19.5. The zero-order valence-electron chi connectivity index (χ0n) is 11.4. The first-order chi connectivity index (χ1) is 8.50. The predicted molar refractivity (Wildman–Crippen MR) is 80.9 cm³/mol. The second kappa shape index (κ2) is 4.94. The topological polar surface area (TPSA) is 9.23 Å². The minimum Gasteiger partial charge on any atom is -0.370 e. The first-order valence-corrected chi connectivity index (χ1v) is 7.34. The Labute approximate surface area is 114 Å². The molecule has 0 aromatic carbocycles. The minimum absolute atomic E-state index is 0.0818. The fourth-order valence-electron chi connectivity index (χ4n) is 1.90. The Morgan fingerprint density at radius 3 is 1.72 bits per heavy atom. The number of hydrogen-bond donors (Lipinski definition) is 0. The number of methoxy groups -OCH3 is 1. The van der Waals surface area contributed by atoms with Gasteiger partial charge in [0.25, 0.3) is 0 Å². The van der Waals surface area contributed by atoms with Crippen molar-refractivity contribution < 1.29 is 4.74 Å². The van der Waals surface area contributed by atoms with E-state index < -0.39 is 0 Å². The first-order valence-electron chi connectivity index (χ1n) is 6.12. The van der Waals surface area contributed by atoms with Crippen molar-refractivity contribution in [2.75, 3.05) is 13.4 Å². The minimum atomic E-state index is -0.309. The molecule has 18 heavy (non-hydrogen) atoms. The van der Waals surface area contributed by atoms with Crippen LogP contribution < -0.4 is 0 Å². The number of hydrogen-bond acceptors (Lipinski definition) is 2. The molecule has 0 aromatic heterocycles. The zero-order chi connectivity index (χ0) is 13.2. The van der Waals surface area contributed by atoms with Crippen LogP contribution in [-0.2, 0) is 4.74 Å². The van der Waals surface area contributed by atoms with Gasteiger partial charge in [-0.25, -0.2) is 0 Å². The van der Waals surface area contributed by atoms with Crippen LogP contribution >= 0.6 is 11.8 Å². The van der Waals surface area contributed by atoms with Crippen LogP contribution in [0.25, 0.3) is 0 Å². The maximum absolute atomic E-state index is 5.51. The Kier molecular flexibility index (Phi) is 3.69. The van der Waals surface area contributed by atoms with Gasteiger partial charge in [0, 0.05) is 11.9 Å². The van der Waals surface area contributed by atoms with Crippen LogP contribution in [0, 0.1) is 0 Å². The molecule has 0 fully saturated rings. The molecule has 0 unspecified atom stereocenters. The standard InChI is InChI=1S/C16H20OS/c1-15(17-3)9-5-13-7-11-16(2,18-4)12-8-14(13)6-10-15/h5-12H,1-4H3. The second-order valence-electron chi connectivity index (χ2n) is 5.02. The molecule has 0 aromatic rings. The summed E-state index contributed by atoms with van der Waals surface area (Å²) in [6.45, 7) is 4.29. The molecule has 0 N–H and O–H groups in total. The molecule has 96 valence electrons. The van der Waals surface area contributed by atoms with Gasteiger partial charge in [0.1, 0.15) is 5.60 Å². The largest absolute Gasteiger partial charge is 0.370 e. The van der Waals surface area contributed by atoms with Crippen molar-refractivity contribution in [2.45, 2.75) is 24.2 Å². The summed E-state index contributed by atoms with van der Waals surface area (Å²) in [5.41, 5.74) is 2.17. The van der Waals surface area contributed by atoms with Gasteiger partial charge in [0.15, 0.2) is 0 Å². The van der Waals surface area contributed by atoms with Crippen LogP contribution in [0.4, 0.5) is 0 Å². The van der Waals surface area contributed by atoms with E-state index in [9.17, 15) is 0 Å². The van der Waals surface area contributed by atoms with Crippen molar-refractivity contribution in [3.8, 4) is 0 Å². The van der Waals surface area contributed by atoms with Crippen LogP contribution in [0.15, 0.2) is 59.8 Å². The number of rotatable bonds is 2. The lowest BCUT2D eigenvalue weighted by Gasteiger charge is -2.19. The van der Waals surface area contributed by atoms with Crippen LogP contribution in [0.3, 0.4) is 0 Å². The van der Waals surface area contributed by atoms with E-state index in [1.165, 1.54) is 11.1 Å². The van der Waals surface area contributed by atoms with Crippen molar-refractivity contribution >= 4 is 11.8 Å². The van der Waals surface area contributed by atoms with Gasteiger partial charge in [-0.3, -0.25) is 0 Å². The number of thioether (sulfide) groups is 1. The first kappa shape index (κ1) is 13.4. The van der Waals surface area contributed by atoms with E-state index in [4.69, 9.17) is 4.74 Å². The molecule has 0 heterocycles. The van der Waals surface area contributed by atoms with Crippen molar-refractivity contribution in [1.82, 2.24) is 0 Å². The Bertz CT molecular complexity index is 401. The highest BCUT2D eigenvalue weighted by Gasteiger charge is 2.21. The molecule has 2 aliphatic carbocycles. The normalized spacial score (nSPS) is 23.8. The molecule has 2 rings (SSSR count). The van der Waals surface area contributed by atoms with Gasteiger partial charge in [-0.1, -0.05) is 36.5 Å². The third-order valence-corrected chi connectivity index (χ3v) is 4.74. The van der Waals surface area contributed by atoms with Crippen LogP contribution in [-0.4, -0.2) is 23.7 Å². The van der Waals surface area contributed by atoms with Crippen molar-refractivity contribution in [3.63, 3.8) is 0 Å². The lowest BCUT2D eigenvalue weighted by molar-refractivity contribution is 0.0908. The third kappa shape index (κ3) is 2.70. The highest BCUT2D eigenvalue weighted by molar-refractivity contribution is 8.00. The molecule has 0 amide bonds. The second-order valence-corrected chi connectivity index (χ2v) is 6.31. The summed E-state index contributed by atoms with van der Waals surface area (Å²) in [5, 5.41) is 0. The van der Waals surface area contributed by atoms with Gasteiger partial charge in [-0.05, 0) is 43.4 Å². The van der Waals surface area contributed by atoms with Gasteiger partial charge >= 0.3 is 0 Å². The Morgan fingerprint density at radius 1 is 0.889 bits per heavy atom. The van der Waals surface area contributed by atoms with E-state index >= 15 is 0 Å². The predicted octanol–water partition coefficient (Wildman–Crippen LogP) is 4.06. The average Bonchev–Trinajstić information content (AvgIpc) is 2.64. The monoisotopic (exact) mass is 260 g/mol. The van der Waals surface area contributed by atoms with Crippen LogP contribution in [0.1, 0.15) is 13.8 Å². The van der Waals surface area contributed by atoms with E-state index in [-0.39, 0.29) is 10.3 Å². The highest BCUT2D eigenvalue weighted by Crippen LogP contribution is 2.32. The van der Waals surface area contributed by atoms with E-state index in [1.807, 2.05) is 11.8 Å². The van der Waals surface area contributed by atoms with Crippen LogP contribution in [0.2, 0.25) is 0 Å². The molecule has 1 nitrogen and oxygen atoms in total. The number of allylic oxidation sites excluding steroid dienone is 6. The maximum Gasteiger partial charge on any atom is 0.102 e. The zero-order valence-corrected chi connectivity index (χ0v) is 12.3. The van der Waals surface area contributed by atoms with Crippen molar-refractivity contribution in [1.29, 1.82) is 0 Å². The maximum atomic E-state index is 5.51. The smallest absolute Gasteiger partial charge is 0.102 e. The van der Waals surface area contributed by atoms with Crippen LogP contribution in [0.5, 0.6) is 0 Å². The summed E-state index contributed by atoms with van der Waals surface area (Å²) in [7, 11) is 1.74. The molecule has 0 saturated heterocycles. The van der Waals surface area contributed by atoms with Gasteiger partial charge < -0.3 is 4.74 Å². The average molecular weight is 260 g/mol. The van der Waals surface area contributed by atoms with Gasteiger partial charge in [-0.2, -0.15) is 11.8 Å². The number of ether oxygens (including phenoxy) is 1. The van der Waals surface area contributed by atoms with Gasteiger partial charge in [0.2, 0.25) is 0 Å². The summed E-state index contributed by atoms with van der Waals surface area (Å²) < 4.78 is 5.59.